The minimum Gasteiger partial charge on any atom is -0.443 e. The third-order valence-corrected chi connectivity index (χ3v) is 3.88. The molecule has 0 aliphatic carbocycles. The van der Waals surface area contributed by atoms with Gasteiger partial charge in [0.1, 0.15) is 12.4 Å². The number of benzene rings is 1. The Morgan fingerprint density at radius 1 is 1.46 bits per heavy atom. The van der Waals surface area contributed by atoms with Crippen LogP contribution in [0.15, 0.2) is 29.3 Å². The van der Waals surface area contributed by atoms with Crippen LogP contribution in [0.4, 0.5) is 10.5 Å². The number of nitro groups is 1. The predicted octanol–water partition coefficient (Wildman–Crippen LogP) is 2.76. The quantitative estimate of drug-likeness (QED) is 0.363. The average Bonchev–Trinajstić information content (AvgIpc) is 2.60. The second-order valence-corrected chi connectivity index (χ2v) is 5.47. The van der Waals surface area contributed by atoms with Gasteiger partial charge in [0.05, 0.1) is 24.2 Å². The Morgan fingerprint density at radius 3 is 2.79 bits per heavy atom. The maximum absolute atomic E-state index is 11.9. The van der Waals surface area contributed by atoms with E-state index in [0.29, 0.717) is 31.2 Å². The number of amidine groups is 1. The Kier molecular flexibility index (Phi) is 6.25. The van der Waals surface area contributed by atoms with Gasteiger partial charge in [-0.3, -0.25) is 10.1 Å². The van der Waals surface area contributed by atoms with Crippen molar-refractivity contribution in [2.75, 3.05) is 19.8 Å². The van der Waals surface area contributed by atoms with Crippen LogP contribution in [-0.2, 0) is 16.1 Å². The van der Waals surface area contributed by atoms with Crippen molar-refractivity contribution in [3.8, 4) is 0 Å². The summed E-state index contributed by atoms with van der Waals surface area (Å²) < 4.78 is 10.5. The number of amides is 1. The molecule has 1 amide bonds. The van der Waals surface area contributed by atoms with Gasteiger partial charge in [0, 0.05) is 18.7 Å². The van der Waals surface area contributed by atoms with Gasteiger partial charge < -0.3 is 14.4 Å². The monoisotopic (exact) mass is 335 g/mol. The number of aliphatic imine (C=N–C) groups is 1. The molecule has 0 spiro atoms. The number of rotatable bonds is 4. The third-order valence-electron chi connectivity index (χ3n) is 3.88. The van der Waals surface area contributed by atoms with E-state index in [2.05, 4.69) is 16.8 Å². The van der Waals surface area contributed by atoms with Crippen molar-refractivity contribution in [1.29, 1.82) is 0 Å². The molecule has 24 heavy (non-hydrogen) atoms. The zero-order valence-corrected chi connectivity index (χ0v) is 13.8. The summed E-state index contributed by atoms with van der Waals surface area (Å²) in [5.41, 5.74) is 0.663. The number of nitro benzene ring substituents is 1. The fourth-order valence-corrected chi connectivity index (χ4v) is 2.51. The number of nitrogens with zero attached hydrogens (tertiary/aromatic N) is 3. The van der Waals surface area contributed by atoms with Crippen LogP contribution in [0.25, 0.3) is 0 Å². The molecule has 0 bridgehead atoms. The number of morpholine rings is 1. The van der Waals surface area contributed by atoms with E-state index in [1.165, 1.54) is 12.1 Å². The van der Waals surface area contributed by atoms with Gasteiger partial charge in [0.2, 0.25) is 0 Å². The van der Waals surface area contributed by atoms with Gasteiger partial charge in [0.25, 0.3) is 5.69 Å². The highest BCUT2D eigenvalue weighted by Gasteiger charge is 2.22. The lowest BCUT2D eigenvalue weighted by Gasteiger charge is -2.36. The van der Waals surface area contributed by atoms with E-state index < -0.39 is 11.0 Å². The standard InChI is InChI=1S/C16H21N3O5/c1-3-14-11-23-9-8-18(14)12(2)17-16(20)24-10-13-4-6-15(7-5-13)19(21)22/h4-7,14H,3,8-11H2,1-2H3. The highest BCUT2D eigenvalue weighted by molar-refractivity contribution is 5.90. The van der Waals surface area contributed by atoms with E-state index in [4.69, 9.17) is 9.47 Å². The van der Waals surface area contributed by atoms with E-state index in [1.807, 2.05) is 0 Å². The zero-order valence-electron chi connectivity index (χ0n) is 13.8. The van der Waals surface area contributed by atoms with Gasteiger partial charge in [-0.1, -0.05) is 6.92 Å². The first-order valence-electron chi connectivity index (χ1n) is 7.81. The van der Waals surface area contributed by atoms with Crippen molar-refractivity contribution in [2.24, 2.45) is 4.99 Å². The topological polar surface area (TPSA) is 94.3 Å². The molecular formula is C16H21N3O5. The molecule has 1 saturated heterocycles. The Balaban J connectivity index is 1.90. The molecule has 8 heteroatoms. The number of carbonyl (C=O) groups excluding carboxylic acids is 1. The number of non-ortho nitro benzene ring substituents is 1. The normalized spacial score (nSPS) is 18.3. The second kappa shape index (κ2) is 8.39. The molecule has 8 nitrogen and oxygen atoms in total. The van der Waals surface area contributed by atoms with Gasteiger partial charge in [-0.2, -0.15) is 4.99 Å². The fourth-order valence-electron chi connectivity index (χ4n) is 2.51. The Morgan fingerprint density at radius 2 is 2.17 bits per heavy atom. The van der Waals surface area contributed by atoms with Gasteiger partial charge in [-0.25, -0.2) is 4.79 Å². The van der Waals surface area contributed by atoms with E-state index in [9.17, 15) is 14.9 Å². The van der Waals surface area contributed by atoms with Gasteiger partial charge >= 0.3 is 6.09 Å². The summed E-state index contributed by atoms with van der Waals surface area (Å²) >= 11 is 0. The van der Waals surface area contributed by atoms with Gasteiger partial charge in [-0.05, 0) is 31.0 Å². The van der Waals surface area contributed by atoms with Crippen LogP contribution in [0.3, 0.4) is 0 Å². The van der Waals surface area contributed by atoms with Crippen LogP contribution < -0.4 is 0 Å². The smallest absolute Gasteiger partial charge is 0.435 e. The van der Waals surface area contributed by atoms with Crippen molar-refractivity contribution >= 4 is 17.6 Å². The van der Waals surface area contributed by atoms with Crippen molar-refractivity contribution in [2.45, 2.75) is 32.9 Å². The minimum absolute atomic E-state index is 0.00290. The zero-order chi connectivity index (χ0) is 17.5. The van der Waals surface area contributed by atoms with Crippen LogP contribution in [0.1, 0.15) is 25.8 Å². The molecule has 2 rings (SSSR count). The second-order valence-electron chi connectivity index (χ2n) is 5.47. The SMILES string of the molecule is CCC1COCCN1C(C)=NC(=O)OCc1ccc([N+](=O)[O-])cc1. The molecule has 0 radical (unpaired) electrons. The first kappa shape index (κ1) is 17.9. The molecular weight excluding hydrogens is 314 g/mol. The maximum Gasteiger partial charge on any atom is 0.435 e. The summed E-state index contributed by atoms with van der Waals surface area (Å²) in [4.78, 5) is 28.0. The molecule has 0 N–H and O–H groups in total. The first-order valence-corrected chi connectivity index (χ1v) is 7.81. The number of hydrogen-bond donors (Lipinski definition) is 0. The molecule has 1 aromatic carbocycles. The Hall–Kier alpha value is -2.48. The summed E-state index contributed by atoms with van der Waals surface area (Å²) in [5.74, 6) is 0.610. The molecule has 1 aliphatic heterocycles. The molecule has 1 aliphatic rings. The van der Waals surface area contributed by atoms with Crippen LogP contribution in [0.5, 0.6) is 0 Å². The van der Waals surface area contributed by atoms with Crippen LogP contribution >= 0.6 is 0 Å². The van der Waals surface area contributed by atoms with E-state index in [1.54, 1.807) is 19.1 Å². The average molecular weight is 335 g/mol. The minimum atomic E-state index is -0.674. The molecule has 0 saturated carbocycles. The Labute approximate surface area is 140 Å². The lowest BCUT2D eigenvalue weighted by molar-refractivity contribution is -0.384. The third kappa shape index (κ3) is 4.76. The maximum atomic E-state index is 11.9. The predicted molar refractivity (Wildman–Crippen MR) is 88.0 cm³/mol. The highest BCUT2D eigenvalue weighted by Crippen LogP contribution is 2.14. The Bertz CT molecular complexity index is 615. The molecule has 1 fully saturated rings. The van der Waals surface area contributed by atoms with Crippen molar-refractivity contribution in [3.63, 3.8) is 0 Å². The molecule has 1 aromatic rings. The summed E-state index contributed by atoms with van der Waals surface area (Å²) in [5, 5.41) is 10.6. The largest absolute Gasteiger partial charge is 0.443 e. The van der Waals surface area contributed by atoms with Crippen LogP contribution in [0.2, 0.25) is 0 Å². The molecule has 0 aromatic heterocycles. The van der Waals surface area contributed by atoms with Crippen molar-refractivity contribution in [3.05, 3.63) is 39.9 Å². The van der Waals surface area contributed by atoms with Crippen molar-refractivity contribution < 1.29 is 19.2 Å². The highest BCUT2D eigenvalue weighted by atomic mass is 16.6. The molecule has 1 atom stereocenters. The van der Waals surface area contributed by atoms with Crippen molar-refractivity contribution in [1.82, 2.24) is 4.90 Å². The lowest BCUT2D eigenvalue weighted by Crippen LogP contribution is -2.47. The van der Waals surface area contributed by atoms with Crippen LogP contribution in [0, 0.1) is 10.1 Å². The summed E-state index contributed by atoms with van der Waals surface area (Å²) in [6.45, 7) is 5.80. The van der Waals surface area contributed by atoms with E-state index in [0.717, 1.165) is 6.42 Å². The number of ether oxygens (including phenoxy) is 2. The van der Waals surface area contributed by atoms with E-state index >= 15 is 0 Å². The summed E-state index contributed by atoms with van der Waals surface area (Å²) in [6, 6.07) is 6.06. The molecule has 130 valence electrons. The van der Waals surface area contributed by atoms with Gasteiger partial charge in [-0.15, -0.1) is 0 Å². The van der Waals surface area contributed by atoms with Crippen LogP contribution in [-0.4, -0.2) is 47.6 Å². The number of carbonyl (C=O) groups is 1. The van der Waals surface area contributed by atoms with E-state index in [-0.39, 0.29) is 18.3 Å². The molecule has 1 unspecified atom stereocenters. The summed E-state index contributed by atoms with van der Waals surface area (Å²) in [7, 11) is 0. The fraction of sp³-hybridized carbons (Fsp3) is 0.500. The number of hydrogen-bond acceptors (Lipinski definition) is 5. The first-order chi connectivity index (χ1) is 11.5. The lowest BCUT2D eigenvalue weighted by atomic mass is 10.2. The molecule has 1 heterocycles. The summed E-state index contributed by atoms with van der Waals surface area (Å²) in [6.07, 6.45) is 0.234. The van der Waals surface area contributed by atoms with Gasteiger partial charge in [0.15, 0.2) is 0 Å².